The van der Waals surface area contributed by atoms with E-state index in [2.05, 4.69) is 26.6 Å². The van der Waals surface area contributed by atoms with Gasteiger partial charge in [0, 0.05) is 16.8 Å². The highest BCUT2D eigenvalue weighted by molar-refractivity contribution is 9.10. The minimum Gasteiger partial charge on any atom is -0.396 e. The lowest BCUT2D eigenvalue weighted by Crippen LogP contribution is -2.29. The van der Waals surface area contributed by atoms with Crippen molar-refractivity contribution in [2.24, 2.45) is 5.92 Å². The van der Waals surface area contributed by atoms with Gasteiger partial charge >= 0.3 is 0 Å². The minimum absolute atomic E-state index is 0.0479. The Hall–Kier alpha value is -0.910. The second kappa shape index (κ2) is 9.07. The molecule has 0 spiro atoms. The van der Waals surface area contributed by atoms with Crippen LogP contribution in [0.25, 0.3) is 0 Å². The molecule has 0 aliphatic heterocycles. The van der Waals surface area contributed by atoms with E-state index in [0.717, 1.165) is 29.5 Å². The Kier molecular flexibility index (Phi) is 7.70. The van der Waals surface area contributed by atoms with Gasteiger partial charge in [-0.25, -0.2) is 0 Å². The van der Waals surface area contributed by atoms with Crippen LogP contribution in [0.2, 0.25) is 0 Å². The predicted octanol–water partition coefficient (Wildman–Crippen LogP) is 2.39. The van der Waals surface area contributed by atoms with E-state index in [0.29, 0.717) is 12.5 Å². The zero-order valence-electron chi connectivity index (χ0n) is 11.2. The predicted molar refractivity (Wildman–Crippen MR) is 81.1 cm³/mol. The number of rotatable bonds is 8. The van der Waals surface area contributed by atoms with Crippen molar-refractivity contribution in [2.75, 3.05) is 25.0 Å². The molecule has 0 aliphatic carbocycles. The maximum atomic E-state index is 11.6. The maximum absolute atomic E-state index is 11.6. The van der Waals surface area contributed by atoms with E-state index in [4.69, 9.17) is 5.11 Å². The molecule has 0 heterocycles. The number of carbonyl (C=O) groups is 1. The summed E-state index contributed by atoms with van der Waals surface area (Å²) in [5, 5.41) is 14.8. The number of aliphatic hydroxyl groups is 1. The van der Waals surface area contributed by atoms with Gasteiger partial charge in [-0.2, -0.15) is 0 Å². The van der Waals surface area contributed by atoms with Crippen molar-refractivity contribution < 1.29 is 9.90 Å². The van der Waals surface area contributed by atoms with Crippen molar-refractivity contribution in [2.45, 2.75) is 19.8 Å². The summed E-state index contributed by atoms with van der Waals surface area (Å²) in [6, 6.07) is 7.51. The molecule has 0 bridgehead atoms. The van der Waals surface area contributed by atoms with Crippen molar-refractivity contribution in [1.29, 1.82) is 0 Å². The van der Waals surface area contributed by atoms with Gasteiger partial charge in [-0.15, -0.1) is 0 Å². The molecule has 0 aliphatic rings. The molecule has 5 heteroatoms. The number of benzene rings is 1. The molecule has 1 rings (SSSR count). The van der Waals surface area contributed by atoms with Crippen LogP contribution < -0.4 is 10.6 Å². The molecule has 1 aromatic rings. The van der Waals surface area contributed by atoms with Gasteiger partial charge in [0.25, 0.3) is 0 Å². The van der Waals surface area contributed by atoms with Crippen LogP contribution in [-0.4, -0.2) is 30.7 Å². The van der Waals surface area contributed by atoms with Crippen molar-refractivity contribution in [3.8, 4) is 0 Å². The quantitative estimate of drug-likeness (QED) is 0.642. The number of hydrogen-bond acceptors (Lipinski definition) is 3. The van der Waals surface area contributed by atoms with Gasteiger partial charge in [0.2, 0.25) is 5.91 Å². The number of nitrogens with one attached hydrogen (secondary N) is 2. The number of amides is 1. The number of halogens is 1. The Morgan fingerprint density at radius 3 is 2.95 bits per heavy atom. The van der Waals surface area contributed by atoms with E-state index in [1.54, 1.807) is 0 Å². The van der Waals surface area contributed by atoms with Crippen LogP contribution in [-0.2, 0) is 4.79 Å². The van der Waals surface area contributed by atoms with Crippen molar-refractivity contribution in [1.82, 2.24) is 5.32 Å². The normalized spacial score (nSPS) is 12.2. The number of aliphatic hydroxyl groups excluding tert-OH is 1. The summed E-state index contributed by atoms with van der Waals surface area (Å²) < 4.78 is 0.941. The van der Waals surface area contributed by atoms with E-state index in [9.17, 15) is 4.79 Å². The molecule has 1 unspecified atom stereocenters. The van der Waals surface area contributed by atoms with Crippen LogP contribution in [0.4, 0.5) is 5.69 Å². The summed E-state index contributed by atoms with van der Waals surface area (Å²) in [4.78, 5) is 11.6. The Bertz CT molecular complexity index is 399. The second-order valence-electron chi connectivity index (χ2n) is 4.67. The molecule has 0 saturated heterocycles. The molecule has 19 heavy (non-hydrogen) atoms. The van der Waals surface area contributed by atoms with Crippen LogP contribution in [0.15, 0.2) is 28.7 Å². The summed E-state index contributed by atoms with van der Waals surface area (Å²) in [5.74, 6) is 0.283. The fraction of sp³-hybridized carbons (Fsp3) is 0.500. The number of carbonyl (C=O) groups excluding carboxylic acids is 1. The first-order valence-corrected chi connectivity index (χ1v) is 7.28. The molecule has 1 amide bonds. The van der Waals surface area contributed by atoms with Crippen molar-refractivity contribution >= 4 is 27.5 Å². The highest BCUT2D eigenvalue weighted by Gasteiger charge is 2.03. The van der Waals surface area contributed by atoms with Crippen LogP contribution in [0.3, 0.4) is 0 Å². The minimum atomic E-state index is -0.0479. The van der Waals surface area contributed by atoms with Gasteiger partial charge in [-0.05, 0) is 43.5 Å². The lowest BCUT2D eigenvalue weighted by Gasteiger charge is -2.09. The molecule has 0 aromatic heterocycles. The summed E-state index contributed by atoms with van der Waals surface area (Å²) in [7, 11) is 0. The average Bonchev–Trinajstić information content (AvgIpc) is 2.38. The second-order valence-corrected chi connectivity index (χ2v) is 5.58. The highest BCUT2D eigenvalue weighted by atomic mass is 79.9. The van der Waals surface area contributed by atoms with Gasteiger partial charge in [-0.1, -0.05) is 28.9 Å². The molecule has 0 saturated carbocycles. The van der Waals surface area contributed by atoms with Crippen LogP contribution in [0, 0.1) is 5.92 Å². The molecular formula is C14H21BrN2O2. The van der Waals surface area contributed by atoms with Gasteiger partial charge in [-0.3, -0.25) is 4.79 Å². The Morgan fingerprint density at radius 2 is 2.26 bits per heavy atom. The standard InChI is InChI=1S/C14H21BrN2O2/c1-11(10-18)4-3-7-16-9-14(19)17-13-6-2-5-12(15)8-13/h2,5-6,8,11,16,18H,3-4,7,9-10H2,1H3,(H,17,19). The zero-order chi connectivity index (χ0) is 14.1. The number of anilines is 1. The van der Waals surface area contributed by atoms with Crippen molar-refractivity contribution in [3.05, 3.63) is 28.7 Å². The first kappa shape index (κ1) is 16.1. The average molecular weight is 329 g/mol. The lowest BCUT2D eigenvalue weighted by molar-refractivity contribution is -0.115. The van der Waals surface area contributed by atoms with Crippen LogP contribution in [0.5, 0.6) is 0 Å². The SMILES string of the molecule is CC(CO)CCCNCC(=O)Nc1cccc(Br)c1. The molecule has 3 N–H and O–H groups in total. The van der Waals surface area contributed by atoms with Crippen LogP contribution >= 0.6 is 15.9 Å². The fourth-order valence-electron chi connectivity index (χ4n) is 1.64. The van der Waals surface area contributed by atoms with Gasteiger partial charge < -0.3 is 15.7 Å². The fourth-order valence-corrected chi connectivity index (χ4v) is 2.04. The molecule has 0 fully saturated rings. The Balaban J connectivity index is 2.15. The van der Waals surface area contributed by atoms with E-state index < -0.39 is 0 Å². The molecule has 1 atom stereocenters. The molecule has 106 valence electrons. The topological polar surface area (TPSA) is 61.4 Å². The first-order chi connectivity index (χ1) is 9.11. The molecule has 1 aromatic carbocycles. The zero-order valence-corrected chi connectivity index (χ0v) is 12.7. The molecule has 4 nitrogen and oxygen atoms in total. The summed E-state index contributed by atoms with van der Waals surface area (Å²) in [6.45, 7) is 3.33. The third kappa shape index (κ3) is 7.30. The van der Waals surface area contributed by atoms with Crippen LogP contribution in [0.1, 0.15) is 19.8 Å². The largest absolute Gasteiger partial charge is 0.396 e. The summed E-state index contributed by atoms with van der Waals surface area (Å²) >= 11 is 3.36. The monoisotopic (exact) mass is 328 g/mol. The van der Waals surface area contributed by atoms with E-state index in [1.807, 2.05) is 31.2 Å². The molecule has 0 radical (unpaired) electrons. The van der Waals surface area contributed by atoms with Gasteiger partial charge in [0.15, 0.2) is 0 Å². The van der Waals surface area contributed by atoms with E-state index in [1.165, 1.54) is 0 Å². The Morgan fingerprint density at radius 1 is 1.47 bits per heavy atom. The smallest absolute Gasteiger partial charge is 0.238 e. The maximum Gasteiger partial charge on any atom is 0.238 e. The van der Waals surface area contributed by atoms with E-state index >= 15 is 0 Å². The third-order valence-electron chi connectivity index (χ3n) is 2.76. The Labute approximate surface area is 122 Å². The molecular weight excluding hydrogens is 308 g/mol. The summed E-state index contributed by atoms with van der Waals surface area (Å²) in [6.07, 6.45) is 1.93. The highest BCUT2D eigenvalue weighted by Crippen LogP contribution is 2.15. The lowest BCUT2D eigenvalue weighted by atomic mass is 10.1. The first-order valence-electron chi connectivity index (χ1n) is 6.49. The van der Waals surface area contributed by atoms with Gasteiger partial charge in [0.1, 0.15) is 0 Å². The van der Waals surface area contributed by atoms with Crippen molar-refractivity contribution in [3.63, 3.8) is 0 Å². The third-order valence-corrected chi connectivity index (χ3v) is 3.25. The van der Waals surface area contributed by atoms with E-state index in [-0.39, 0.29) is 12.5 Å². The van der Waals surface area contributed by atoms with Gasteiger partial charge in [0.05, 0.1) is 6.54 Å². The number of hydrogen-bond donors (Lipinski definition) is 3. The summed E-state index contributed by atoms with van der Waals surface area (Å²) in [5.41, 5.74) is 0.787.